The van der Waals surface area contributed by atoms with Crippen molar-refractivity contribution in [2.24, 2.45) is 0 Å². The quantitative estimate of drug-likeness (QED) is 0.343. The molecule has 2 N–H and O–H groups in total. The Morgan fingerprint density at radius 3 is 2.25 bits per heavy atom. The van der Waals surface area contributed by atoms with E-state index in [-0.39, 0.29) is 5.75 Å². The van der Waals surface area contributed by atoms with Crippen molar-refractivity contribution in [1.29, 1.82) is 0 Å². The molecule has 0 saturated heterocycles. The third kappa shape index (κ3) is 4.35. The van der Waals surface area contributed by atoms with E-state index in [1.165, 1.54) is 12.1 Å². The minimum Gasteiger partial charge on any atom is -0.421 e. The first-order valence-electron chi connectivity index (χ1n) is 4.23. The van der Waals surface area contributed by atoms with Gasteiger partial charge in [-0.3, -0.25) is 9.36 Å². The Hall–Kier alpha value is -1.49. The van der Waals surface area contributed by atoms with Gasteiger partial charge in [0.25, 0.3) is 5.78 Å². The highest BCUT2D eigenvalue weighted by Crippen LogP contribution is 2.33. The summed E-state index contributed by atoms with van der Waals surface area (Å²) in [6, 6.07) is 7.77. The molecular weight excluding hydrogens is 235 g/mol. The molecule has 1 rings (SSSR count). The van der Waals surface area contributed by atoms with E-state index in [1.54, 1.807) is 18.2 Å². The van der Waals surface area contributed by atoms with Crippen LogP contribution in [0.2, 0.25) is 0 Å². The average Bonchev–Trinajstić information content (AvgIpc) is 2.16. The maximum absolute atomic E-state index is 11.1. The van der Waals surface area contributed by atoms with Crippen LogP contribution in [0.15, 0.2) is 30.3 Å². The normalized spacial score (nSPS) is 10.9. The van der Waals surface area contributed by atoms with Crippen LogP contribution in [0.3, 0.4) is 0 Å². The van der Waals surface area contributed by atoms with Gasteiger partial charge in [0.2, 0.25) is 0 Å². The van der Waals surface area contributed by atoms with Crippen molar-refractivity contribution in [3.05, 3.63) is 30.3 Å². The molecule has 0 amide bonds. The number of ketones is 1. The summed E-state index contributed by atoms with van der Waals surface area (Å²) in [4.78, 5) is 39.0. The predicted molar refractivity (Wildman–Crippen MR) is 54.0 cm³/mol. The Morgan fingerprint density at radius 2 is 1.75 bits per heavy atom. The fourth-order valence-corrected chi connectivity index (χ4v) is 1.41. The van der Waals surface area contributed by atoms with Gasteiger partial charge in [0.05, 0.1) is 0 Å². The van der Waals surface area contributed by atoms with Gasteiger partial charge in [-0.2, -0.15) is 0 Å². The summed E-state index contributed by atoms with van der Waals surface area (Å²) in [5.41, 5.74) is 0. The summed E-state index contributed by atoms with van der Waals surface area (Å²) >= 11 is 0. The van der Waals surface area contributed by atoms with Crippen molar-refractivity contribution >= 4 is 19.3 Å². The highest BCUT2D eigenvalue weighted by molar-refractivity contribution is 7.53. The molecule has 0 fully saturated rings. The molecule has 0 aromatic heterocycles. The summed E-state index contributed by atoms with van der Waals surface area (Å²) < 4.78 is 15.1. The van der Waals surface area contributed by atoms with Crippen molar-refractivity contribution in [2.75, 3.05) is 6.16 Å². The molecule has 0 aliphatic rings. The lowest BCUT2D eigenvalue weighted by Crippen LogP contribution is -2.23. The summed E-state index contributed by atoms with van der Waals surface area (Å²) in [5.74, 6) is -2.39. The lowest BCUT2D eigenvalue weighted by Gasteiger charge is -2.03. The highest BCUT2D eigenvalue weighted by atomic mass is 31.2. The molecule has 0 radical (unpaired) electrons. The van der Waals surface area contributed by atoms with Crippen LogP contribution in [0, 0.1) is 0 Å². The zero-order valence-electron chi connectivity index (χ0n) is 8.07. The topological polar surface area (TPSA) is 101 Å². The second-order valence-electron chi connectivity index (χ2n) is 2.95. The molecular formula is C9H9O6P. The van der Waals surface area contributed by atoms with Gasteiger partial charge in [0.1, 0.15) is 11.9 Å². The van der Waals surface area contributed by atoms with Crippen LogP contribution < -0.4 is 4.74 Å². The molecule has 1 aromatic carbocycles. The molecule has 16 heavy (non-hydrogen) atoms. The van der Waals surface area contributed by atoms with E-state index < -0.39 is 25.5 Å². The minimum absolute atomic E-state index is 0.145. The first-order valence-corrected chi connectivity index (χ1v) is 6.03. The maximum atomic E-state index is 11.1. The SMILES string of the molecule is O=C(CP(=O)(O)O)C(=O)Oc1ccccc1. The molecule has 0 bridgehead atoms. The Bertz CT molecular complexity index is 435. The van der Waals surface area contributed by atoms with E-state index in [0.29, 0.717) is 0 Å². The molecule has 0 aliphatic carbocycles. The molecule has 86 valence electrons. The predicted octanol–water partition coefficient (Wildman–Crippen LogP) is 0.339. The first-order chi connectivity index (χ1) is 7.38. The fraction of sp³-hybridized carbons (Fsp3) is 0.111. The van der Waals surface area contributed by atoms with Crippen LogP contribution in [-0.2, 0) is 14.2 Å². The molecule has 0 heterocycles. The van der Waals surface area contributed by atoms with Crippen LogP contribution in [0.1, 0.15) is 0 Å². The number of para-hydroxylation sites is 1. The molecule has 0 aliphatic heterocycles. The molecule has 0 unspecified atom stereocenters. The summed E-state index contributed by atoms with van der Waals surface area (Å²) in [6.45, 7) is 0. The number of ether oxygens (including phenoxy) is 1. The smallest absolute Gasteiger partial charge is 0.380 e. The van der Waals surface area contributed by atoms with E-state index in [1.807, 2.05) is 0 Å². The van der Waals surface area contributed by atoms with Crippen molar-refractivity contribution < 1.29 is 28.7 Å². The molecule has 1 aromatic rings. The molecule has 0 atom stereocenters. The first kappa shape index (κ1) is 12.6. The van der Waals surface area contributed by atoms with Gasteiger partial charge >= 0.3 is 13.6 Å². The Kier molecular flexibility index (Phi) is 3.95. The minimum atomic E-state index is -4.53. The second kappa shape index (κ2) is 5.03. The monoisotopic (exact) mass is 244 g/mol. The number of Topliss-reactive ketones (excluding diaryl/α,β-unsaturated/α-hetero) is 1. The van der Waals surface area contributed by atoms with Crippen LogP contribution in [0.5, 0.6) is 5.75 Å². The van der Waals surface area contributed by atoms with E-state index in [4.69, 9.17) is 9.79 Å². The molecule has 6 nitrogen and oxygen atoms in total. The summed E-state index contributed by atoms with van der Waals surface area (Å²) in [7, 11) is -4.53. The maximum Gasteiger partial charge on any atom is 0.380 e. The van der Waals surface area contributed by atoms with Crippen molar-refractivity contribution in [2.45, 2.75) is 0 Å². The number of hydrogen-bond donors (Lipinski definition) is 2. The van der Waals surface area contributed by atoms with Gasteiger partial charge in [-0.25, -0.2) is 4.79 Å². The zero-order chi connectivity index (χ0) is 12.2. The van der Waals surface area contributed by atoms with Gasteiger partial charge in [-0.05, 0) is 12.1 Å². The highest BCUT2D eigenvalue weighted by Gasteiger charge is 2.26. The number of carbonyl (C=O) groups excluding carboxylic acids is 2. The van der Waals surface area contributed by atoms with Crippen molar-refractivity contribution in [1.82, 2.24) is 0 Å². The number of carbonyl (C=O) groups is 2. The van der Waals surface area contributed by atoms with Gasteiger partial charge in [-0.15, -0.1) is 0 Å². The van der Waals surface area contributed by atoms with Gasteiger partial charge in [0, 0.05) is 0 Å². The van der Waals surface area contributed by atoms with Crippen LogP contribution >= 0.6 is 7.60 Å². The third-order valence-corrected chi connectivity index (χ3v) is 2.23. The molecule has 0 spiro atoms. The van der Waals surface area contributed by atoms with Crippen molar-refractivity contribution in [3.8, 4) is 5.75 Å². The Labute approximate surface area is 91.0 Å². The number of rotatable bonds is 4. The van der Waals surface area contributed by atoms with Crippen LogP contribution in [0.4, 0.5) is 0 Å². The average molecular weight is 244 g/mol. The Balaban J connectivity index is 2.60. The zero-order valence-corrected chi connectivity index (χ0v) is 8.96. The van der Waals surface area contributed by atoms with Crippen LogP contribution in [-0.4, -0.2) is 27.7 Å². The number of esters is 1. The molecule has 0 saturated carbocycles. The van der Waals surface area contributed by atoms with E-state index in [9.17, 15) is 14.2 Å². The summed E-state index contributed by atoms with van der Waals surface area (Å²) in [6.07, 6.45) is -1.14. The van der Waals surface area contributed by atoms with Crippen molar-refractivity contribution in [3.63, 3.8) is 0 Å². The number of hydrogen-bond acceptors (Lipinski definition) is 4. The summed E-state index contributed by atoms with van der Waals surface area (Å²) in [5, 5.41) is 0. The van der Waals surface area contributed by atoms with E-state index in [0.717, 1.165) is 0 Å². The lowest BCUT2D eigenvalue weighted by molar-refractivity contribution is -0.146. The Morgan fingerprint density at radius 1 is 1.19 bits per heavy atom. The second-order valence-corrected chi connectivity index (χ2v) is 4.59. The van der Waals surface area contributed by atoms with E-state index >= 15 is 0 Å². The third-order valence-electron chi connectivity index (χ3n) is 1.53. The van der Waals surface area contributed by atoms with E-state index in [2.05, 4.69) is 4.74 Å². The van der Waals surface area contributed by atoms with Crippen LogP contribution in [0.25, 0.3) is 0 Å². The molecule has 7 heteroatoms. The lowest BCUT2D eigenvalue weighted by atomic mass is 10.3. The van der Waals surface area contributed by atoms with Gasteiger partial charge in [-0.1, -0.05) is 18.2 Å². The standard InChI is InChI=1S/C9H9O6P/c10-8(6-16(12,13)14)9(11)15-7-4-2-1-3-5-7/h1-5H,6H2,(H2,12,13,14). The van der Waals surface area contributed by atoms with Gasteiger partial charge < -0.3 is 14.5 Å². The number of benzene rings is 1. The largest absolute Gasteiger partial charge is 0.421 e. The van der Waals surface area contributed by atoms with Gasteiger partial charge in [0.15, 0.2) is 0 Å². The fourth-order valence-electron chi connectivity index (χ4n) is 0.904.